The molecule has 0 amide bonds. The van der Waals surface area contributed by atoms with Gasteiger partial charge in [-0.2, -0.15) is 0 Å². The Morgan fingerprint density at radius 1 is 1.22 bits per heavy atom. The zero-order valence-electron chi connectivity index (χ0n) is 11.5. The van der Waals surface area contributed by atoms with Gasteiger partial charge in [-0.3, -0.25) is 0 Å². The highest BCUT2D eigenvalue weighted by atomic mass is 14.9. The molecule has 0 aliphatic carbocycles. The van der Waals surface area contributed by atoms with Crippen LogP contribution in [-0.2, 0) is 13.0 Å². The largest absolute Gasteiger partial charge is 0.347 e. The smallest absolute Gasteiger partial charge is 0.0483 e. The van der Waals surface area contributed by atoms with Crippen LogP contribution in [0.25, 0.3) is 10.9 Å². The summed E-state index contributed by atoms with van der Waals surface area (Å²) in [6.45, 7) is 5.44. The Kier molecular flexibility index (Phi) is 4.43. The molecule has 0 fully saturated rings. The summed E-state index contributed by atoms with van der Waals surface area (Å²) in [5.41, 5.74) is 8.64. The molecule has 98 valence electrons. The summed E-state index contributed by atoms with van der Waals surface area (Å²) < 4.78 is 2.37. The molecular weight excluding hydrogens is 220 g/mol. The van der Waals surface area contributed by atoms with Crippen LogP contribution in [-0.4, -0.2) is 10.6 Å². The lowest BCUT2D eigenvalue weighted by Crippen LogP contribution is -2.17. The van der Waals surface area contributed by atoms with Gasteiger partial charge in [-0.15, -0.1) is 0 Å². The van der Waals surface area contributed by atoms with Crippen molar-refractivity contribution >= 4 is 10.9 Å². The summed E-state index contributed by atoms with van der Waals surface area (Å²) in [4.78, 5) is 0. The van der Waals surface area contributed by atoms with Gasteiger partial charge < -0.3 is 10.3 Å². The minimum Gasteiger partial charge on any atom is -0.347 e. The third-order valence-electron chi connectivity index (χ3n) is 3.45. The number of nitrogens with zero attached hydrogens (tertiary/aromatic N) is 1. The Morgan fingerprint density at radius 3 is 2.78 bits per heavy atom. The maximum Gasteiger partial charge on any atom is 0.0483 e. The molecule has 1 aromatic heterocycles. The topological polar surface area (TPSA) is 30.9 Å². The fourth-order valence-electron chi connectivity index (χ4n) is 2.54. The van der Waals surface area contributed by atoms with E-state index in [0.29, 0.717) is 0 Å². The molecule has 0 aliphatic rings. The fourth-order valence-corrected chi connectivity index (χ4v) is 2.54. The van der Waals surface area contributed by atoms with E-state index in [1.807, 2.05) is 0 Å². The van der Waals surface area contributed by atoms with Gasteiger partial charge in [0.05, 0.1) is 0 Å². The van der Waals surface area contributed by atoms with Crippen LogP contribution in [0.3, 0.4) is 0 Å². The summed E-state index contributed by atoms with van der Waals surface area (Å²) in [5, 5.41) is 1.37. The van der Waals surface area contributed by atoms with Gasteiger partial charge in [0, 0.05) is 29.7 Å². The summed E-state index contributed by atoms with van der Waals surface area (Å²) in [6.07, 6.45) is 7.01. The Morgan fingerprint density at radius 2 is 2.06 bits per heavy atom. The van der Waals surface area contributed by atoms with Gasteiger partial charge in [0.25, 0.3) is 0 Å². The van der Waals surface area contributed by atoms with Crippen molar-refractivity contribution in [3.05, 3.63) is 36.0 Å². The number of aromatic nitrogens is 1. The van der Waals surface area contributed by atoms with Crippen molar-refractivity contribution < 1.29 is 0 Å². The molecule has 1 aromatic carbocycles. The van der Waals surface area contributed by atoms with Crippen LogP contribution in [0.1, 0.15) is 38.7 Å². The van der Waals surface area contributed by atoms with Gasteiger partial charge in [-0.05, 0) is 37.5 Å². The van der Waals surface area contributed by atoms with E-state index in [-0.39, 0.29) is 6.04 Å². The van der Waals surface area contributed by atoms with Gasteiger partial charge in [0.1, 0.15) is 0 Å². The second-order valence-electron chi connectivity index (χ2n) is 5.25. The molecule has 2 rings (SSSR count). The number of unbranched alkanes of at least 4 members (excludes halogenated alkanes) is 2. The molecule has 2 heteroatoms. The van der Waals surface area contributed by atoms with E-state index < -0.39 is 0 Å². The summed E-state index contributed by atoms with van der Waals surface area (Å²) in [6, 6.07) is 9.02. The normalized spacial score (nSPS) is 13.1. The highest BCUT2D eigenvalue weighted by molar-refractivity contribution is 5.83. The Labute approximate surface area is 110 Å². The molecule has 2 N–H and O–H groups in total. The lowest BCUT2D eigenvalue weighted by molar-refractivity contribution is 0.616. The molecular formula is C16H24N2. The molecule has 2 aromatic rings. The lowest BCUT2D eigenvalue weighted by atomic mass is 10.0. The minimum absolute atomic E-state index is 0.221. The van der Waals surface area contributed by atoms with Crippen molar-refractivity contribution in [3.63, 3.8) is 0 Å². The first kappa shape index (κ1) is 13.2. The number of rotatable bonds is 6. The SMILES string of the molecule is CCCCCn1ccc2c(CC(C)N)cccc21. The number of hydrogen-bond donors (Lipinski definition) is 1. The van der Waals surface area contributed by atoms with Crippen molar-refractivity contribution in [2.45, 2.75) is 52.1 Å². The van der Waals surface area contributed by atoms with Crippen molar-refractivity contribution in [2.24, 2.45) is 5.73 Å². The first-order valence-electron chi connectivity index (χ1n) is 7.04. The van der Waals surface area contributed by atoms with E-state index in [4.69, 9.17) is 5.73 Å². The Hall–Kier alpha value is -1.28. The van der Waals surface area contributed by atoms with E-state index in [9.17, 15) is 0 Å². The molecule has 0 spiro atoms. The molecule has 1 heterocycles. The van der Waals surface area contributed by atoms with Crippen molar-refractivity contribution in [1.29, 1.82) is 0 Å². The first-order chi connectivity index (χ1) is 8.72. The summed E-state index contributed by atoms with van der Waals surface area (Å²) >= 11 is 0. The molecule has 2 nitrogen and oxygen atoms in total. The van der Waals surface area contributed by atoms with Crippen molar-refractivity contribution in [2.75, 3.05) is 0 Å². The van der Waals surface area contributed by atoms with Gasteiger partial charge in [0.15, 0.2) is 0 Å². The molecule has 1 atom stereocenters. The second kappa shape index (κ2) is 6.05. The van der Waals surface area contributed by atoms with Crippen LogP contribution in [0.15, 0.2) is 30.5 Å². The van der Waals surface area contributed by atoms with Crippen LogP contribution in [0.5, 0.6) is 0 Å². The highest BCUT2D eigenvalue weighted by Gasteiger charge is 2.06. The quantitative estimate of drug-likeness (QED) is 0.771. The van der Waals surface area contributed by atoms with E-state index in [1.165, 1.54) is 35.7 Å². The van der Waals surface area contributed by atoms with Gasteiger partial charge in [-0.25, -0.2) is 0 Å². The van der Waals surface area contributed by atoms with Crippen LogP contribution in [0, 0.1) is 0 Å². The number of nitrogens with two attached hydrogens (primary N) is 1. The van der Waals surface area contributed by atoms with Crippen molar-refractivity contribution in [3.8, 4) is 0 Å². The standard InChI is InChI=1S/C16H24N2/c1-3-4-5-10-18-11-9-15-14(12-13(2)17)7-6-8-16(15)18/h6-9,11,13H,3-5,10,12,17H2,1-2H3. The van der Waals surface area contributed by atoms with Crippen LogP contribution >= 0.6 is 0 Å². The average Bonchev–Trinajstić information content (AvgIpc) is 2.74. The molecule has 18 heavy (non-hydrogen) atoms. The molecule has 0 aliphatic heterocycles. The zero-order valence-corrected chi connectivity index (χ0v) is 11.5. The van der Waals surface area contributed by atoms with Gasteiger partial charge in [0.2, 0.25) is 0 Å². The fraction of sp³-hybridized carbons (Fsp3) is 0.500. The Bertz CT molecular complexity index is 497. The molecule has 0 radical (unpaired) electrons. The van der Waals surface area contributed by atoms with E-state index in [1.54, 1.807) is 0 Å². The van der Waals surface area contributed by atoms with Crippen LogP contribution < -0.4 is 5.73 Å². The molecule has 0 bridgehead atoms. The predicted octanol–water partition coefficient (Wildman–Crippen LogP) is 3.72. The minimum atomic E-state index is 0.221. The highest BCUT2D eigenvalue weighted by Crippen LogP contribution is 2.22. The van der Waals surface area contributed by atoms with E-state index in [2.05, 4.69) is 48.9 Å². The number of aryl methyl sites for hydroxylation is 1. The second-order valence-corrected chi connectivity index (χ2v) is 5.25. The molecule has 1 unspecified atom stereocenters. The first-order valence-corrected chi connectivity index (χ1v) is 7.04. The third-order valence-corrected chi connectivity index (χ3v) is 3.45. The monoisotopic (exact) mass is 244 g/mol. The number of fused-ring (bicyclic) bond motifs is 1. The molecule has 0 saturated carbocycles. The summed E-state index contributed by atoms with van der Waals surface area (Å²) in [7, 11) is 0. The van der Waals surface area contributed by atoms with E-state index >= 15 is 0 Å². The lowest BCUT2D eigenvalue weighted by Gasteiger charge is -2.08. The number of hydrogen-bond acceptors (Lipinski definition) is 1. The molecule has 0 saturated heterocycles. The third kappa shape index (κ3) is 2.94. The summed E-state index contributed by atoms with van der Waals surface area (Å²) in [5.74, 6) is 0. The van der Waals surface area contributed by atoms with Gasteiger partial charge in [-0.1, -0.05) is 31.9 Å². The average molecular weight is 244 g/mol. The van der Waals surface area contributed by atoms with E-state index in [0.717, 1.165) is 13.0 Å². The van der Waals surface area contributed by atoms with Crippen LogP contribution in [0.4, 0.5) is 0 Å². The van der Waals surface area contributed by atoms with Crippen LogP contribution in [0.2, 0.25) is 0 Å². The maximum absolute atomic E-state index is 5.91. The van der Waals surface area contributed by atoms with Gasteiger partial charge >= 0.3 is 0 Å². The zero-order chi connectivity index (χ0) is 13.0. The number of benzene rings is 1. The predicted molar refractivity (Wildman–Crippen MR) is 78.8 cm³/mol. The Balaban J connectivity index is 2.24. The van der Waals surface area contributed by atoms with Crippen molar-refractivity contribution in [1.82, 2.24) is 4.57 Å². The maximum atomic E-state index is 5.91.